The molecule has 0 spiro atoms. The largest absolute Gasteiger partial charge is 0.493 e. The van der Waals surface area contributed by atoms with Gasteiger partial charge in [0, 0.05) is 20.3 Å². The number of benzene rings is 2. The number of amides is 2. The van der Waals surface area contributed by atoms with Crippen LogP contribution in [0, 0.1) is 13.8 Å². The van der Waals surface area contributed by atoms with Crippen molar-refractivity contribution in [2.45, 2.75) is 39.5 Å². The molecule has 0 aliphatic carbocycles. The highest BCUT2D eigenvalue weighted by Crippen LogP contribution is 2.39. The lowest BCUT2D eigenvalue weighted by molar-refractivity contribution is -0.129. The monoisotopic (exact) mass is 441 g/mol. The number of hydrogen-bond donors (Lipinski definition) is 1. The van der Waals surface area contributed by atoms with Gasteiger partial charge < -0.3 is 14.8 Å². The number of rotatable bonds is 7. The van der Waals surface area contributed by atoms with Gasteiger partial charge in [0.1, 0.15) is 16.9 Å². The third-order valence-corrected chi connectivity index (χ3v) is 5.89. The number of carbonyl (C=O) groups is 2. The normalized spacial score (nSPS) is 15.4. The van der Waals surface area contributed by atoms with E-state index in [0.717, 1.165) is 29.0 Å². The molecule has 2 amide bonds. The summed E-state index contributed by atoms with van der Waals surface area (Å²) >= 11 is 1.32. The second-order valence-corrected chi connectivity index (χ2v) is 8.31. The molecule has 1 aliphatic heterocycles. The van der Waals surface area contributed by atoms with E-state index < -0.39 is 0 Å². The topological polar surface area (TPSA) is 80.2 Å². The number of thioether (sulfide) groups is 1. The lowest BCUT2D eigenvalue weighted by Gasteiger charge is -2.19. The number of carbonyl (C=O) groups excluding carboxylic acids is 2. The van der Waals surface area contributed by atoms with Crippen LogP contribution in [0.3, 0.4) is 0 Å². The maximum Gasteiger partial charge on any atom is 0.241 e. The Bertz CT molecular complexity index is 975. The third kappa shape index (κ3) is 6.01. The number of nitrogens with one attached hydrogen (secondary N) is 1. The maximum atomic E-state index is 11.9. The van der Waals surface area contributed by atoms with Gasteiger partial charge in [-0.25, -0.2) is 5.01 Å². The van der Waals surface area contributed by atoms with Gasteiger partial charge in [0.2, 0.25) is 11.8 Å². The van der Waals surface area contributed by atoms with Crippen molar-refractivity contribution in [1.82, 2.24) is 10.3 Å². The van der Waals surface area contributed by atoms with Crippen LogP contribution in [0.25, 0.3) is 0 Å². The van der Waals surface area contributed by atoms with Crippen molar-refractivity contribution in [2.24, 2.45) is 5.10 Å². The van der Waals surface area contributed by atoms with E-state index in [0.29, 0.717) is 18.4 Å². The maximum absolute atomic E-state index is 11.9. The Labute approximate surface area is 186 Å². The molecule has 2 aromatic carbocycles. The quantitative estimate of drug-likeness (QED) is 0.653. The number of ether oxygens (including phenoxy) is 2. The summed E-state index contributed by atoms with van der Waals surface area (Å²) in [6.45, 7) is 8.11. The van der Waals surface area contributed by atoms with Crippen molar-refractivity contribution in [2.75, 3.05) is 13.2 Å². The summed E-state index contributed by atoms with van der Waals surface area (Å²) < 4.78 is 11.7. The van der Waals surface area contributed by atoms with Gasteiger partial charge in [-0.05, 0) is 48.7 Å². The van der Waals surface area contributed by atoms with Crippen LogP contribution in [0.4, 0.5) is 0 Å². The van der Waals surface area contributed by atoms with Gasteiger partial charge in [0.25, 0.3) is 0 Å². The van der Waals surface area contributed by atoms with Crippen molar-refractivity contribution in [1.29, 1.82) is 0 Å². The number of amidine groups is 1. The van der Waals surface area contributed by atoms with Gasteiger partial charge in [0.05, 0.1) is 13.2 Å². The van der Waals surface area contributed by atoms with E-state index in [4.69, 9.17) is 9.47 Å². The molecule has 2 aromatic rings. The summed E-state index contributed by atoms with van der Waals surface area (Å²) in [4.78, 5) is 23.2. The van der Waals surface area contributed by atoms with Gasteiger partial charge in [-0.1, -0.05) is 36.0 Å². The molecule has 0 bridgehead atoms. The molecule has 0 saturated heterocycles. The molecule has 7 nitrogen and oxygen atoms in total. The molecule has 0 unspecified atom stereocenters. The summed E-state index contributed by atoms with van der Waals surface area (Å²) in [6, 6.07) is 13.6. The first-order valence-corrected chi connectivity index (χ1v) is 11.0. The lowest BCUT2D eigenvalue weighted by atomic mass is 10.1. The van der Waals surface area contributed by atoms with Crippen molar-refractivity contribution in [3.63, 3.8) is 0 Å². The molecule has 1 heterocycles. The molecule has 3 rings (SSSR count). The number of aryl methyl sites for hydroxylation is 1. The van der Waals surface area contributed by atoms with Crippen LogP contribution in [0.2, 0.25) is 0 Å². The van der Waals surface area contributed by atoms with E-state index in [1.165, 1.54) is 36.2 Å². The Kier molecular flexibility index (Phi) is 7.57. The molecule has 0 fully saturated rings. The third-order valence-electron chi connectivity index (χ3n) is 4.78. The smallest absolute Gasteiger partial charge is 0.241 e. The van der Waals surface area contributed by atoms with Gasteiger partial charge in [-0.15, -0.1) is 5.10 Å². The first-order chi connectivity index (χ1) is 14.8. The lowest BCUT2D eigenvalue weighted by Crippen LogP contribution is -2.25. The van der Waals surface area contributed by atoms with Gasteiger partial charge in [-0.2, -0.15) is 0 Å². The van der Waals surface area contributed by atoms with Crippen LogP contribution in [0.15, 0.2) is 47.6 Å². The van der Waals surface area contributed by atoms with E-state index >= 15 is 0 Å². The molecule has 0 radical (unpaired) electrons. The molecule has 1 N–H and O–H groups in total. The van der Waals surface area contributed by atoms with Crippen LogP contribution in [-0.2, 0) is 9.59 Å². The first kappa shape index (κ1) is 22.7. The predicted octanol–water partition coefficient (Wildman–Crippen LogP) is 4.15. The molecule has 8 heteroatoms. The highest BCUT2D eigenvalue weighted by Gasteiger charge is 2.32. The second kappa shape index (κ2) is 10.3. The van der Waals surface area contributed by atoms with E-state index in [9.17, 15) is 9.59 Å². The summed E-state index contributed by atoms with van der Waals surface area (Å²) in [7, 11) is 0. The summed E-state index contributed by atoms with van der Waals surface area (Å²) in [5.74, 6) is 1.24. The zero-order chi connectivity index (χ0) is 22.4. The minimum absolute atomic E-state index is 0.193. The number of hydrogen-bond acceptors (Lipinski definition) is 6. The molecule has 164 valence electrons. The van der Waals surface area contributed by atoms with Gasteiger partial charge >= 0.3 is 0 Å². The van der Waals surface area contributed by atoms with Crippen LogP contribution in [-0.4, -0.2) is 35.2 Å². The molecule has 0 aromatic heterocycles. The molecule has 0 saturated carbocycles. The standard InChI is InChI=1S/C23H27N3O4S/c1-15-7-5-8-21(16(15)2)30-14-6-13-29-20-11-9-19(10-12-20)22-26(18(4)28)25-23(31-22)24-17(3)27/h5,7-12,22H,6,13-14H2,1-4H3,(H,24,25,27)/t22-/m1/s1. The highest BCUT2D eigenvalue weighted by atomic mass is 32.2. The van der Waals surface area contributed by atoms with Crippen molar-refractivity contribution >= 4 is 28.7 Å². The summed E-state index contributed by atoms with van der Waals surface area (Å²) in [5.41, 5.74) is 3.27. The Morgan fingerprint density at radius 2 is 1.77 bits per heavy atom. The zero-order valence-corrected chi connectivity index (χ0v) is 19.0. The number of nitrogens with zero attached hydrogens (tertiary/aromatic N) is 2. The fourth-order valence-electron chi connectivity index (χ4n) is 3.02. The first-order valence-electron chi connectivity index (χ1n) is 10.1. The predicted molar refractivity (Wildman–Crippen MR) is 122 cm³/mol. The fourth-order valence-corrected chi connectivity index (χ4v) is 4.16. The minimum atomic E-state index is -0.320. The van der Waals surface area contributed by atoms with Gasteiger partial charge in [-0.3, -0.25) is 9.59 Å². The summed E-state index contributed by atoms with van der Waals surface area (Å²) in [5, 5.41) is 8.31. The zero-order valence-electron chi connectivity index (χ0n) is 18.2. The highest BCUT2D eigenvalue weighted by molar-refractivity contribution is 8.14. The minimum Gasteiger partial charge on any atom is -0.493 e. The van der Waals surface area contributed by atoms with Crippen molar-refractivity contribution < 1.29 is 19.1 Å². The molecule has 31 heavy (non-hydrogen) atoms. The van der Waals surface area contributed by atoms with Crippen LogP contribution in [0.5, 0.6) is 11.5 Å². The van der Waals surface area contributed by atoms with Crippen LogP contribution in [0.1, 0.15) is 42.3 Å². The molecular weight excluding hydrogens is 414 g/mol. The van der Waals surface area contributed by atoms with E-state index in [2.05, 4.69) is 30.3 Å². The van der Waals surface area contributed by atoms with E-state index in [1.54, 1.807) is 0 Å². The van der Waals surface area contributed by atoms with Crippen molar-refractivity contribution in [3.05, 3.63) is 59.2 Å². The Morgan fingerprint density at radius 3 is 2.45 bits per heavy atom. The van der Waals surface area contributed by atoms with Crippen LogP contribution >= 0.6 is 11.8 Å². The fraction of sp³-hybridized carbons (Fsp3) is 0.348. The second-order valence-electron chi connectivity index (χ2n) is 7.24. The molecule has 1 atom stereocenters. The van der Waals surface area contributed by atoms with E-state index in [-0.39, 0.29) is 17.2 Å². The molecule has 1 aliphatic rings. The van der Waals surface area contributed by atoms with Crippen LogP contribution < -0.4 is 14.8 Å². The van der Waals surface area contributed by atoms with E-state index in [1.807, 2.05) is 36.4 Å². The average molecular weight is 442 g/mol. The SMILES string of the molecule is CC(=O)NC1=NN(C(C)=O)[C@@H](c2ccc(OCCCOc3cccc(C)c3C)cc2)S1. The Morgan fingerprint density at radius 1 is 1.06 bits per heavy atom. The Balaban J connectivity index is 1.49. The summed E-state index contributed by atoms with van der Waals surface area (Å²) in [6.07, 6.45) is 0.764. The number of hydrazone groups is 1. The Hall–Kier alpha value is -3.00. The van der Waals surface area contributed by atoms with Crippen molar-refractivity contribution in [3.8, 4) is 11.5 Å². The average Bonchev–Trinajstić information content (AvgIpc) is 3.14. The molecular formula is C23H27N3O4S. The van der Waals surface area contributed by atoms with Gasteiger partial charge in [0.15, 0.2) is 5.17 Å².